The molecule has 0 atom stereocenters. The number of nitrogens with zero attached hydrogens (tertiary/aromatic N) is 1. The monoisotopic (exact) mass is 329 g/mol. The molecule has 5 heteroatoms. The first-order chi connectivity index (χ1) is 11.7. The van der Waals surface area contributed by atoms with Gasteiger partial charge in [0.1, 0.15) is 0 Å². The number of imide groups is 1. The number of hydrogen-bond donors (Lipinski definition) is 0. The second kappa shape index (κ2) is 7.60. The molecule has 1 heterocycles. The maximum absolute atomic E-state index is 12.2. The Balaban J connectivity index is 1.40. The topological polar surface area (TPSA) is 63.7 Å². The minimum atomic E-state index is -0.260. The number of amides is 2. The third-order valence-corrected chi connectivity index (χ3v) is 4.85. The highest BCUT2D eigenvalue weighted by atomic mass is 16.5. The number of ether oxygens (including phenoxy) is 1. The molecule has 128 valence electrons. The minimum absolute atomic E-state index is 0.163. The van der Waals surface area contributed by atoms with E-state index in [4.69, 9.17) is 4.74 Å². The van der Waals surface area contributed by atoms with Crippen LogP contribution in [0.25, 0.3) is 0 Å². The van der Waals surface area contributed by atoms with Crippen LogP contribution in [0.3, 0.4) is 0 Å². The number of carbonyl (C=O) groups is 3. The number of fused-ring (bicyclic) bond motifs is 1. The quantitative estimate of drug-likeness (QED) is 0.457. The van der Waals surface area contributed by atoms with Gasteiger partial charge in [-0.25, -0.2) is 0 Å². The van der Waals surface area contributed by atoms with Crippen molar-refractivity contribution < 1.29 is 19.1 Å². The van der Waals surface area contributed by atoms with Crippen molar-refractivity contribution in [1.82, 2.24) is 4.90 Å². The smallest absolute Gasteiger partial charge is 0.306 e. The SMILES string of the molecule is O=C(CC1CCCCC1)OCCCN1C(=O)c2ccccc2C1=O. The zero-order chi connectivity index (χ0) is 16.9. The summed E-state index contributed by atoms with van der Waals surface area (Å²) in [5, 5.41) is 0. The summed E-state index contributed by atoms with van der Waals surface area (Å²) in [5.41, 5.74) is 0.911. The van der Waals surface area contributed by atoms with Gasteiger partial charge in [-0.3, -0.25) is 19.3 Å². The van der Waals surface area contributed by atoms with Crippen LogP contribution in [0.2, 0.25) is 0 Å². The molecular formula is C19H23NO4. The van der Waals surface area contributed by atoms with Crippen LogP contribution in [0.15, 0.2) is 24.3 Å². The zero-order valence-corrected chi connectivity index (χ0v) is 13.8. The van der Waals surface area contributed by atoms with Gasteiger partial charge in [-0.15, -0.1) is 0 Å². The molecule has 0 N–H and O–H groups in total. The van der Waals surface area contributed by atoms with Crippen LogP contribution in [0, 0.1) is 5.92 Å². The van der Waals surface area contributed by atoms with Gasteiger partial charge in [0.05, 0.1) is 17.7 Å². The van der Waals surface area contributed by atoms with E-state index in [0.717, 1.165) is 12.8 Å². The summed E-state index contributed by atoms with van der Waals surface area (Å²) in [6.07, 6.45) is 6.88. The second-order valence-electron chi connectivity index (χ2n) is 6.59. The lowest BCUT2D eigenvalue weighted by atomic mass is 9.87. The zero-order valence-electron chi connectivity index (χ0n) is 13.8. The lowest BCUT2D eigenvalue weighted by molar-refractivity contribution is -0.145. The molecule has 1 aliphatic heterocycles. The number of rotatable bonds is 6. The van der Waals surface area contributed by atoms with Gasteiger partial charge in [-0.1, -0.05) is 31.4 Å². The highest BCUT2D eigenvalue weighted by Crippen LogP contribution is 2.26. The van der Waals surface area contributed by atoms with Crippen molar-refractivity contribution in [2.24, 2.45) is 5.92 Å². The molecule has 1 aromatic carbocycles. The Kier molecular flexibility index (Phi) is 5.28. The van der Waals surface area contributed by atoms with Crippen molar-refractivity contribution in [1.29, 1.82) is 0 Å². The van der Waals surface area contributed by atoms with Crippen LogP contribution in [0.4, 0.5) is 0 Å². The molecule has 0 radical (unpaired) electrons. The molecule has 3 rings (SSSR count). The minimum Gasteiger partial charge on any atom is -0.466 e. The van der Waals surface area contributed by atoms with Gasteiger partial charge >= 0.3 is 5.97 Å². The molecule has 2 amide bonds. The standard InChI is InChI=1S/C19H23NO4/c21-17(13-14-7-2-1-3-8-14)24-12-6-11-20-18(22)15-9-4-5-10-16(15)19(20)23/h4-5,9-10,14H,1-3,6-8,11-13H2. The van der Waals surface area contributed by atoms with E-state index in [9.17, 15) is 14.4 Å². The van der Waals surface area contributed by atoms with Crippen LogP contribution in [-0.2, 0) is 9.53 Å². The van der Waals surface area contributed by atoms with E-state index in [1.807, 2.05) is 0 Å². The van der Waals surface area contributed by atoms with E-state index in [1.54, 1.807) is 24.3 Å². The summed E-state index contributed by atoms with van der Waals surface area (Å²) in [6, 6.07) is 6.83. The van der Waals surface area contributed by atoms with E-state index >= 15 is 0 Å². The number of carbonyl (C=O) groups excluding carboxylic acids is 3. The van der Waals surface area contributed by atoms with E-state index in [-0.39, 0.29) is 30.9 Å². The van der Waals surface area contributed by atoms with Crippen molar-refractivity contribution in [2.75, 3.05) is 13.2 Å². The van der Waals surface area contributed by atoms with Gasteiger partial charge in [0.2, 0.25) is 0 Å². The highest BCUT2D eigenvalue weighted by Gasteiger charge is 2.34. The largest absolute Gasteiger partial charge is 0.466 e. The van der Waals surface area contributed by atoms with Crippen molar-refractivity contribution >= 4 is 17.8 Å². The fourth-order valence-electron chi connectivity index (χ4n) is 3.54. The first-order valence-electron chi connectivity index (χ1n) is 8.77. The van der Waals surface area contributed by atoms with Crippen molar-refractivity contribution in [3.63, 3.8) is 0 Å². The highest BCUT2D eigenvalue weighted by molar-refractivity contribution is 6.21. The molecule has 0 bridgehead atoms. The molecule has 1 saturated carbocycles. The first-order valence-corrected chi connectivity index (χ1v) is 8.77. The Bertz CT molecular complexity index is 599. The molecule has 0 aromatic heterocycles. The normalized spacial score (nSPS) is 17.9. The molecule has 24 heavy (non-hydrogen) atoms. The Morgan fingerprint density at radius 2 is 1.67 bits per heavy atom. The van der Waals surface area contributed by atoms with Crippen molar-refractivity contribution in [3.8, 4) is 0 Å². The maximum Gasteiger partial charge on any atom is 0.306 e. The molecule has 0 unspecified atom stereocenters. The third kappa shape index (κ3) is 3.66. The van der Waals surface area contributed by atoms with E-state index < -0.39 is 0 Å². The predicted octanol–water partition coefficient (Wildman–Crippen LogP) is 3.19. The fourth-order valence-corrected chi connectivity index (χ4v) is 3.54. The Hall–Kier alpha value is -2.17. The molecular weight excluding hydrogens is 306 g/mol. The molecule has 0 saturated heterocycles. The van der Waals surface area contributed by atoms with Gasteiger partial charge in [-0.2, -0.15) is 0 Å². The maximum atomic E-state index is 12.2. The van der Waals surface area contributed by atoms with Crippen molar-refractivity contribution in [3.05, 3.63) is 35.4 Å². The van der Waals surface area contributed by atoms with E-state index in [1.165, 1.54) is 24.2 Å². The van der Waals surface area contributed by atoms with Gasteiger partial charge in [-0.05, 0) is 37.3 Å². The van der Waals surface area contributed by atoms with Crippen LogP contribution >= 0.6 is 0 Å². The van der Waals surface area contributed by atoms with Crippen LogP contribution in [0.1, 0.15) is 65.7 Å². The molecule has 1 fully saturated rings. The number of benzene rings is 1. The molecule has 1 aliphatic carbocycles. The fraction of sp³-hybridized carbons (Fsp3) is 0.526. The Labute approximate surface area is 142 Å². The summed E-state index contributed by atoms with van der Waals surface area (Å²) in [6.45, 7) is 0.530. The molecule has 1 aromatic rings. The van der Waals surface area contributed by atoms with Gasteiger partial charge < -0.3 is 4.74 Å². The number of hydrogen-bond acceptors (Lipinski definition) is 4. The van der Waals surface area contributed by atoms with E-state index in [2.05, 4.69) is 0 Å². The molecule has 5 nitrogen and oxygen atoms in total. The molecule has 0 spiro atoms. The van der Waals surface area contributed by atoms with Crippen LogP contribution < -0.4 is 0 Å². The Morgan fingerprint density at radius 3 is 2.29 bits per heavy atom. The first kappa shape index (κ1) is 16.7. The van der Waals surface area contributed by atoms with Crippen molar-refractivity contribution in [2.45, 2.75) is 44.9 Å². The average Bonchev–Trinajstić information content (AvgIpc) is 2.84. The van der Waals surface area contributed by atoms with Gasteiger partial charge in [0, 0.05) is 13.0 Å². The lowest BCUT2D eigenvalue weighted by Gasteiger charge is -2.20. The summed E-state index contributed by atoms with van der Waals surface area (Å²) in [7, 11) is 0. The third-order valence-electron chi connectivity index (χ3n) is 4.85. The second-order valence-corrected chi connectivity index (χ2v) is 6.59. The predicted molar refractivity (Wildman–Crippen MR) is 88.6 cm³/mol. The Morgan fingerprint density at radius 1 is 1.04 bits per heavy atom. The summed E-state index contributed by atoms with van der Waals surface area (Å²) in [4.78, 5) is 37.5. The van der Waals surface area contributed by atoms with E-state index in [0.29, 0.717) is 29.9 Å². The average molecular weight is 329 g/mol. The van der Waals surface area contributed by atoms with Crippen LogP contribution in [-0.4, -0.2) is 35.8 Å². The lowest BCUT2D eigenvalue weighted by Crippen LogP contribution is -2.31. The van der Waals surface area contributed by atoms with Gasteiger partial charge in [0.25, 0.3) is 11.8 Å². The van der Waals surface area contributed by atoms with Gasteiger partial charge in [0.15, 0.2) is 0 Å². The van der Waals surface area contributed by atoms with Crippen LogP contribution in [0.5, 0.6) is 0 Å². The number of esters is 1. The molecule has 2 aliphatic rings. The summed E-state index contributed by atoms with van der Waals surface area (Å²) < 4.78 is 5.26. The summed E-state index contributed by atoms with van der Waals surface area (Å²) >= 11 is 0. The summed E-state index contributed by atoms with van der Waals surface area (Å²) in [5.74, 6) is -0.222.